The van der Waals surface area contributed by atoms with E-state index in [-0.39, 0.29) is 5.91 Å². The van der Waals surface area contributed by atoms with Crippen molar-refractivity contribution in [3.63, 3.8) is 0 Å². The highest BCUT2D eigenvalue weighted by Crippen LogP contribution is 2.21. The van der Waals surface area contributed by atoms with E-state index < -0.39 is 0 Å². The molecule has 0 bridgehead atoms. The molecule has 1 aliphatic rings. The number of likely N-dealkylation sites (tertiary alicyclic amines) is 1. The molecule has 1 aromatic carbocycles. The molecular weight excluding hydrogens is 264 g/mol. The quantitative estimate of drug-likeness (QED) is 0.818. The van der Waals surface area contributed by atoms with Gasteiger partial charge in [-0.2, -0.15) is 0 Å². The van der Waals surface area contributed by atoms with Crippen LogP contribution in [0.1, 0.15) is 19.3 Å². The van der Waals surface area contributed by atoms with Gasteiger partial charge in [0.05, 0.1) is 0 Å². The van der Waals surface area contributed by atoms with E-state index in [1.807, 2.05) is 24.3 Å². The van der Waals surface area contributed by atoms with Gasteiger partial charge in [-0.05, 0) is 51.0 Å². The monoisotopic (exact) mass is 288 g/mol. The molecule has 4 heteroatoms. The van der Waals surface area contributed by atoms with E-state index in [2.05, 4.69) is 23.8 Å². The Kier molecular flexibility index (Phi) is 5.81. The summed E-state index contributed by atoms with van der Waals surface area (Å²) in [7, 11) is 2.13. The Morgan fingerprint density at radius 1 is 1.48 bits per heavy atom. The lowest BCUT2D eigenvalue weighted by molar-refractivity contribution is -0.117. The van der Waals surface area contributed by atoms with Crippen molar-refractivity contribution in [3.8, 4) is 5.75 Å². The number of benzene rings is 1. The molecule has 21 heavy (non-hydrogen) atoms. The zero-order valence-electron chi connectivity index (χ0n) is 12.7. The molecule has 2 rings (SSSR count). The Hall–Kier alpha value is -1.81. The third kappa shape index (κ3) is 5.23. The first kappa shape index (κ1) is 15.6. The molecule has 1 amide bonds. The molecular formula is C17H24N2O2. The van der Waals surface area contributed by atoms with Crippen molar-refractivity contribution < 1.29 is 9.53 Å². The molecule has 0 aliphatic carbocycles. The Bertz CT molecular complexity index is 479. The SMILES string of the molecule is C=CCOc1cccc(NC(=O)CC2CCN(C)CC2)c1. The number of nitrogens with one attached hydrogen (secondary N) is 1. The van der Waals surface area contributed by atoms with Crippen molar-refractivity contribution >= 4 is 11.6 Å². The average Bonchev–Trinajstić information content (AvgIpc) is 2.48. The minimum Gasteiger partial charge on any atom is -0.489 e. The van der Waals surface area contributed by atoms with Crippen molar-refractivity contribution in [1.82, 2.24) is 4.90 Å². The number of nitrogens with zero attached hydrogens (tertiary/aromatic N) is 1. The number of amides is 1. The zero-order chi connectivity index (χ0) is 15.1. The van der Waals surface area contributed by atoms with Crippen LogP contribution in [-0.4, -0.2) is 37.6 Å². The number of rotatable bonds is 6. The lowest BCUT2D eigenvalue weighted by atomic mass is 9.93. The first-order valence-corrected chi connectivity index (χ1v) is 7.49. The standard InChI is InChI=1S/C17H24N2O2/c1-3-11-21-16-6-4-5-15(13-16)18-17(20)12-14-7-9-19(2)10-8-14/h3-6,13-14H,1,7-12H2,2H3,(H,18,20). The second kappa shape index (κ2) is 7.84. The molecule has 114 valence electrons. The lowest BCUT2D eigenvalue weighted by Gasteiger charge is -2.28. The Morgan fingerprint density at radius 2 is 2.24 bits per heavy atom. The Balaban J connectivity index is 1.83. The van der Waals surface area contributed by atoms with E-state index in [0.717, 1.165) is 37.4 Å². The Morgan fingerprint density at radius 3 is 2.95 bits per heavy atom. The molecule has 4 nitrogen and oxygen atoms in total. The summed E-state index contributed by atoms with van der Waals surface area (Å²) < 4.78 is 5.46. The summed E-state index contributed by atoms with van der Waals surface area (Å²) in [5.41, 5.74) is 0.787. The summed E-state index contributed by atoms with van der Waals surface area (Å²) in [6.45, 7) is 6.26. The normalized spacial score (nSPS) is 16.4. The van der Waals surface area contributed by atoms with Gasteiger partial charge in [-0.3, -0.25) is 4.79 Å². The Labute approximate surface area is 126 Å². The highest BCUT2D eigenvalue weighted by molar-refractivity contribution is 5.91. The van der Waals surface area contributed by atoms with Gasteiger partial charge >= 0.3 is 0 Å². The van der Waals surface area contributed by atoms with E-state index in [0.29, 0.717) is 18.9 Å². The maximum Gasteiger partial charge on any atom is 0.224 e. The van der Waals surface area contributed by atoms with Crippen molar-refractivity contribution in [2.45, 2.75) is 19.3 Å². The molecule has 0 saturated carbocycles. The van der Waals surface area contributed by atoms with Gasteiger partial charge in [-0.15, -0.1) is 0 Å². The van der Waals surface area contributed by atoms with Gasteiger partial charge in [0.1, 0.15) is 12.4 Å². The number of hydrogen-bond acceptors (Lipinski definition) is 3. The van der Waals surface area contributed by atoms with Crippen LogP contribution >= 0.6 is 0 Å². The van der Waals surface area contributed by atoms with E-state index in [9.17, 15) is 4.79 Å². The third-order valence-corrected chi connectivity index (χ3v) is 3.80. The number of carbonyl (C=O) groups excluding carboxylic acids is 1. The van der Waals surface area contributed by atoms with Crippen molar-refractivity contribution in [3.05, 3.63) is 36.9 Å². The molecule has 1 aromatic rings. The second-order valence-corrected chi connectivity index (χ2v) is 5.63. The second-order valence-electron chi connectivity index (χ2n) is 5.63. The fourth-order valence-corrected chi connectivity index (χ4v) is 2.56. The van der Waals surface area contributed by atoms with Gasteiger partial charge in [0.15, 0.2) is 0 Å². The van der Waals surface area contributed by atoms with Crippen LogP contribution in [0.5, 0.6) is 5.75 Å². The number of anilines is 1. The summed E-state index contributed by atoms with van der Waals surface area (Å²) in [6.07, 6.45) is 4.51. The summed E-state index contributed by atoms with van der Waals surface area (Å²) in [6, 6.07) is 7.48. The zero-order valence-corrected chi connectivity index (χ0v) is 12.7. The predicted molar refractivity (Wildman–Crippen MR) is 85.6 cm³/mol. The smallest absolute Gasteiger partial charge is 0.224 e. The summed E-state index contributed by atoms with van der Waals surface area (Å²) >= 11 is 0. The summed E-state index contributed by atoms with van der Waals surface area (Å²) in [5, 5.41) is 2.96. The topological polar surface area (TPSA) is 41.6 Å². The van der Waals surface area contributed by atoms with Crippen LogP contribution in [0.25, 0.3) is 0 Å². The van der Waals surface area contributed by atoms with Gasteiger partial charge in [-0.25, -0.2) is 0 Å². The molecule has 0 spiro atoms. The maximum absolute atomic E-state index is 12.1. The van der Waals surface area contributed by atoms with E-state index >= 15 is 0 Å². The molecule has 0 aromatic heterocycles. The van der Waals surface area contributed by atoms with Crippen LogP contribution in [0, 0.1) is 5.92 Å². The van der Waals surface area contributed by atoms with Gasteiger partial charge in [0, 0.05) is 18.2 Å². The largest absolute Gasteiger partial charge is 0.489 e. The van der Waals surface area contributed by atoms with Gasteiger partial charge < -0.3 is 15.0 Å². The minimum absolute atomic E-state index is 0.0884. The van der Waals surface area contributed by atoms with Gasteiger partial charge in [0.2, 0.25) is 5.91 Å². The molecule has 0 unspecified atom stereocenters. The molecule has 1 aliphatic heterocycles. The highest BCUT2D eigenvalue weighted by atomic mass is 16.5. The number of ether oxygens (including phenoxy) is 1. The van der Waals surface area contributed by atoms with Crippen LogP contribution in [0.15, 0.2) is 36.9 Å². The summed E-state index contributed by atoms with van der Waals surface area (Å²) in [4.78, 5) is 14.4. The molecule has 1 fully saturated rings. The van der Waals surface area contributed by atoms with E-state index in [1.54, 1.807) is 6.08 Å². The maximum atomic E-state index is 12.1. The lowest BCUT2D eigenvalue weighted by Crippen LogP contribution is -2.31. The average molecular weight is 288 g/mol. The van der Waals surface area contributed by atoms with Crippen LogP contribution in [0.3, 0.4) is 0 Å². The minimum atomic E-state index is 0.0884. The van der Waals surface area contributed by atoms with Crippen LogP contribution in [-0.2, 0) is 4.79 Å². The summed E-state index contributed by atoms with van der Waals surface area (Å²) in [5.74, 6) is 1.33. The van der Waals surface area contributed by atoms with Gasteiger partial charge in [-0.1, -0.05) is 18.7 Å². The van der Waals surface area contributed by atoms with Crippen molar-refractivity contribution in [1.29, 1.82) is 0 Å². The van der Waals surface area contributed by atoms with Crippen molar-refractivity contribution in [2.75, 3.05) is 32.1 Å². The van der Waals surface area contributed by atoms with Crippen molar-refractivity contribution in [2.24, 2.45) is 5.92 Å². The van der Waals surface area contributed by atoms with Crippen LogP contribution in [0.4, 0.5) is 5.69 Å². The van der Waals surface area contributed by atoms with E-state index in [4.69, 9.17) is 4.74 Å². The number of hydrogen-bond donors (Lipinski definition) is 1. The van der Waals surface area contributed by atoms with Crippen LogP contribution < -0.4 is 10.1 Å². The fraction of sp³-hybridized carbons (Fsp3) is 0.471. The first-order chi connectivity index (χ1) is 10.2. The first-order valence-electron chi connectivity index (χ1n) is 7.49. The fourth-order valence-electron chi connectivity index (χ4n) is 2.56. The van der Waals surface area contributed by atoms with E-state index in [1.165, 1.54) is 0 Å². The molecule has 1 saturated heterocycles. The molecule has 1 N–H and O–H groups in total. The van der Waals surface area contributed by atoms with Crippen LogP contribution in [0.2, 0.25) is 0 Å². The van der Waals surface area contributed by atoms with Gasteiger partial charge in [0.25, 0.3) is 0 Å². The highest BCUT2D eigenvalue weighted by Gasteiger charge is 2.19. The number of piperidine rings is 1. The molecule has 1 heterocycles. The number of carbonyl (C=O) groups is 1. The molecule has 0 radical (unpaired) electrons. The predicted octanol–water partition coefficient (Wildman–Crippen LogP) is 2.92. The molecule has 0 atom stereocenters. The third-order valence-electron chi connectivity index (χ3n) is 3.80.